The van der Waals surface area contributed by atoms with Crippen LogP contribution in [0, 0.1) is 0 Å². The number of hydrogen-bond donors (Lipinski definition) is 0. The van der Waals surface area contributed by atoms with E-state index in [1.165, 1.54) is 18.2 Å². The molecule has 3 aliphatic heterocycles. The van der Waals surface area contributed by atoms with Crippen molar-refractivity contribution in [1.82, 2.24) is 9.80 Å². The lowest BCUT2D eigenvalue weighted by atomic mass is 9.94. The Bertz CT molecular complexity index is 989. The fourth-order valence-electron chi connectivity index (χ4n) is 4.60. The van der Waals surface area contributed by atoms with Crippen LogP contribution in [-0.4, -0.2) is 59.8 Å². The van der Waals surface area contributed by atoms with Crippen LogP contribution in [0.15, 0.2) is 57.7 Å². The van der Waals surface area contributed by atoms with Gasteiger partial charge < -0.3 is 19.3 Å². The van der Waals surface area contributed by atoms with Crippen molar-refractivity contribution in [3.05, 3.63) is 58.3 Å². The van der Waals surface area contributed by atoms with Crippen LogP contribution >= 0.6 is 11.8 Å². The highest BCUT2D eigenvalue weighted by Gasteiger charge is 2.41. The zero-order valence-corrected chi connectivity index (χ0v) is 20.3. The molecule has 8 heteroatoms. The molecule has 3 aliphatic rings. The van der Waals surface area contributed by atoms with Crippen LogP contribution in [-0.2, 0) is 19.1 Å². The number of amides is 1. The molecule has 2 unspecified atom stereocenters. The number of nitrogens with zero attached hydrogens (tertiary/aromatic N) is 3. The maximum atomic E-state index is 13.2. The van der Waals surface area contributed by atoms with E-state index in [0.717, 1.165) is 35.8 Å². The summed E-state index contributed by atoms with van der Waals surface area (Å²) in [7, 11) is 1.57. The minimum absolute atomic E-state index is 0.123. The highest BCUT2D eigenvalue weighted by atomic mass is 32.2. The van der Waals surface area contributed by atoms with E-state index >= 15 is 0 Å². The number of rotatable bonds is 7. The maximum absolute atomic E-state index is 13.2. The van der Waals surface area contributed by atoms with Crippen LogP contribution in [0.4, 0.5) is 0 Å². The summed E-state index contributed by atoms with van der Waals surface area (Å²) in [5, 5.41) is 2.78. The lowest BCUT2D eigenvalue weighted by Crippen LogP contribution is -2.43. The van der Waals surface area contributed by atoms with Crippen molar-refractivity contribution >= 4 is 28.8 Å². The minimum atomic E-state index is -0.409. The second-order valence-corrected chi connectivity index (χ2v) is 9.38. The van der Waals surface area contributed by atoms with E-state index in [1.54, 1.807) is 7.11 Å². The third-order valence-electron chi connectivity index (χ3n) is 6.31. The SMILES string of the molecule is COCCOC(=O)C1=C(C)N=C2SC=C(CC(=O)N3CCCCC3C)N2C1c1ccccc1. The first-order valence-corrected chi connectivity index (χ1v) is 12.3. The number of methoxy groups -OCH3 is 1. The first kappa shape index (κ1) is 23.6. The minimum Gasteiger partial charge on any atom is -0.460 e. The van der Waals surface area contributed by atoms with E-state index in [1.807, 2.05) is 52.5 Å². The molecule has 1 fully saturated rings. The van der Waals surface area contributed by atoms with Crippen LogP contribution < -0.4 is 0 Å². The largest absolute Gasteiger partial charge is 0.460 e. The van der Waals surface area contributed by atoms with Gasteiger partial charge in [0.1, 0.15) is 6.61 Å². The van der Waals surface area contributed by atoms with E-state index < -0.39 is 12.0 Å². The molecule has 0 aromatic heterocycles. The Balaban J connectivity index is 1.64. The highest BCUT2D eigenvalue weighted by molar-refractivity contribution is 8.16. The third-order valence-corrected chi connectivity index (χ3v) is 7.20. The van der Waals surface area contributed by atoms with E-state index in [2.05, 4.69) is 6.92 Å². The predicted octanol–water partition coefficient (Wildman–Crippen LogP) is 4.24. The van der Waals surface area contributed by atoms with Crippen molar-refractivity contribution in [3.63, 3.8) is 0 Å². The summed E-state index contributed by atoms with van der Waals surface area (Å²) in [4.78, 5) is 35.1. The number of piperidine rings is 1. The fraction of sp³-hybridized carbons (Fsp3) is 0.480. The Morgan fingerprint density at radius 1 is 1.18 bits per heavy atom. The lowest BCUT2D eigenvalue weighted by Gasteiger charge is -2.38. The standard InChI is InChI=1S/C25H31N3O4S/c1-17-9-7-8-12-27(17)21(29)15-20-16-33-25-26-18(2)22(24(30)32-14-13-31-3)23(28(20)25)19-10-5-4-6-11-19/h4-6,10-11,16-17,23H,7-9,12-15H2,1-3H3. The van der Waals surface area contributed by atoms with Gasteiger partial charge in [0.15, 0.2) is 5.17 Å². The average molecular weight is 470 g/mol. The zero-order chi connectivity index (χ0) is 23.4. The number of likely N-dealkylation sites (tertiary alicyclic amines) is 1. The molecule has 0 radical (unpaired) electrons. The van der Waals surface area contributed by atoms with E-state index in [9.17, 15) is 9.59 Å². The molecule has 7 nitrogen and oxygen atoms in total. The molecule has 3 heterocycles. The number of allylic oxidation sites excluding steroid dienone is 1. The van der Waals surface area contributed by atoms with Crippen LogP contribution in [0.2, 0.25) is 0 Å². The molecule has 0 spiro atoms. The van der Waals surface area contributed by atoms with Crippen molar-refractivity contribution in [2.75, 3.05) is 26.9 Å². The fourth-order valence-corrected chi connectivity index (χ4v) is 5.57. The molecule has 1 aromatic carbocycles. The van der Waals surface area contributed by atoms with Gasteiger partial charge in [0.05, 0.1) is 30.3 Å². The quantitative estimate of drug-likeness (QED) is 0.439. The van der Waals surface area contributed by atoms with E-state index in [-0.39, 0.29) is 25.0 Å². The number of carbonyl (C=O) groups excluding carboxylic acids is 2. The molecule has 33 heavy (non-hydrogen) atoms. The van der Waals surface area contributed by atoms with Gasteiger partial charge in [-0.15, -0.1) is 0 Å². The van der Waals surface area contributed by atoms with Gasteiger partial charge in [-0.2, -0.15) is 0 Å². The number of thioether (sulfide) groups is 1. The molecule has 0 bridgehead atoms. The second-order valence-electron chi connectivity index (χ2n) is 8.54. The number of aliphatic imine (C=N–C) groups is 1. The summed E-state index contributed by atoms with van der Waals surface area (Å²) < 4.78 is 10.5. The second kappa shape index (κ2) is 10.6. The summed E-state index contributed by atoms with van der Waals surface area (Å²) in [6.07, 6.45) is 3.54. The predicted molar refractivity (Wildman–Crippen MR) is 129 cm³/mol. The normalized spacial score (nSPS) is 22.6. The van der Waals surface area contributed by atoms with Crippen molar-refractivity contribution in [2.45, 2.75) is 51.6 Å². The molecule has 4 rings (SSSR count). The smallest absolute Gasteiger partial charge is 0.338 e. The Morgan fingerprint density at radius 2 is 1.97 bits per heavy atom. The average Bonchev–Trinajstić information content (AvgIpc) is 3.20. The van der Waals surface area contributed by atoms with Gasteiger partial charge in [0, 0.05) is 25.4 Å². The number of carbonyl (C=O) groups is 2. The molecular weight excluding hydrogens is 438 g/mol. The monoisotopic (exact) mass is 469 g/mol. The van der Waals surface area contributed by atoms with Crippen molar-refractivity contribution in [2.24, 2.45) is 4.99 Å². The van der Waals surface area contributed by atoms with Crippen molar-refractivity contribution < 1.29 is 19.1 Å². The molecule has 176 valence electrons. The summed E-state index contributed by atoms with van der Waals surface area (Å²) in [6.45, 7) is 5.27. The molecule has 0 N–H and O–H groups in total. The van der Waals surface area contributed by atoms with Crippen LogP contribution in [0.25, 0.3) is 0 Å². The maximum Gasteiger partial charge on any atom is 0.338 e. The summed E-state index contributed by atoms with van der Waals surface area (Å²) in [5.74, 6) is -0.286. The van der Waals surface area contributed by atoms with E-state index in [4.69, 9.17) is 14.5 Å². The molecule has 2 atom stereocenters. The first-order valence-electron chi connectivity index (χ1n) is 11.5. The molecule has 1 aromatic rings. The van der Waals surface area contributed by atoms with Crippen molar-refractivity contribution in [1.29, 1.82) is 0 Å². The first-order chi connectivity index (χ1) is 16.0. The Labute approximate surface area is 199 Å². The summed E-state index contributed by atoms with van der Waals surface area (Å²) in [5.41, 5.74) is 2.95. The van der Waals surface area contributed by atoms with Gasteiger partial charge in [0.2, 0.25) is 5.91 Å². The van der Waals surface area contributed by atoms with Gasteiger partial charge in [-0.25, -0.2) is 9.79 Å². The van der Waals surface area contributed by atoms with Gasteiger partial charge in [-0.1, -0.05) is 42.1 Å². The van der Waals surface area contributed by atoms with Gasteiger partial charge >= 0.3 is 5.97 Å². The number of ether oxygens (including phenoxy) is 2. The number of benzene rings is 1. The van der Waals surface area contributed by atoms with E-state index in [0.29, 0.717) is 17.9 Å². The number of esters is 1. The third kappa shape index (κ3) is 5.01. The van der Waals surface area contributed by atoms with Crippen LogP contribution in [0.3, 0.4) is 0 Å². The molecule has 1 saturated heterocycles. The summed E-state index contributed by atoms with van der Waals surface area (Å²) in [6, 6.07) is 9.71. The highest BCUT2D eigenvalue weighted by Crippen LogP contribution is 2.45. The van der Waals surface area contributed by atoms with Gasteiger partial charge in [0.25, 0.3) is 0 Å². The van der Waals surface area contributed by atoms with Crippen LogP contribution in [0.5, 0.6) is 0 Å². The Kier molecular flexibility index (Phi) is 7.55. The topological polar surface area (TPSA) is 71.4 Å². The zero-order valence-electron chi connectivity index (χ0n) is 19.5. The summed E-state index contributed by atoms with van der Waals surface area (Å²) >= 11 is 1.50. The molecule has 0 saturated carbocycles. The molecule has 0 aliphatic carbocycles. The van der Waals surface area contributed by atoms with Crippen molar-refractivity contribution in [3.8, 4) is 0 Å². The lowest BCUT2D eigenvalue weighted by molar-refractivity contribution is -0.141. The number of hydrogen-bond acceptors (Lipinski definition) is 7. The molecular formula is C25H31N3O4S. The Morgan fingerprint density at radius 3 is 2.70 bits per heavy atom. The van der Waals surface area contributed by atoms with Gasteiger partial charge in [-0.05, 0) is 44.1 Å². The number of amidine groups is 1. The van der Waals surface area contributed by atoms with Gasteiger partial charge in [-0.3, -0.25) is 4.79 Å². The van der Waals surface area contributed by atoms with Crippen LogP contribution in [0.1, 0.15) is 51.1 Å². The molecule has 1 amide bonds. The number of fused-ring (bicyclic) bond motifs is 1. The Hall–Kier alpha value is -2.58.